The third-order valence-corrected chi connectivity index (χ3v) is 5.86. The van der Waals surface area contributed by atoms with Crippen LogP contribution in [0.1, 0.15) is 50.8 Å². The number of fused-ring (bicyclic) bond motifs is 1. The average molecular weight is 460 g/mol. The van der Waals surface area contributed by atoms with Crippen LogP contribution in [-0.4, -0.2) is 29.3 Å². The summed E-state index contributed by atoms with van der Waals surface area (Å²) in [6, 6.07) is 12.1. The first-order valence-corrected chi connectivity index (χ1v) is 10.9. The van der Waals surface area contributed by atoms with Gasteiger partial charge in [-0.2, -0.15) is 5.26 Å². The maximum Gasteiger partial charge on any atom is 0.251 e. The number of nitriles is 1. The Morgan fingerprint density at radius 3 is 2.74 bits per heavy atom. The Hall–Kier alpha value is -4.25. The van der Waals surface area contributed by atoms with E-state index in [-0.39, 0.29) is 17.6 Å². The first-order chi connectivity index (χ1) is 16.4. The van der Waals surface area contributed by atoms with E-state index in [1.165, 1.54) is 0 Å². The number of nitrogens with zero attached hydrogens (tertiary/aromatic N) is 2. The van der Waals surface area contributed by atoms with Crippen LogP contribution in [0.4, 0.5) is 0 Å². The molecule has 8 nitrogen and oxygen atoms in total. The second kappa shape index (κ2) is 9.71. The minimum absolute atomic E-state index is 0.0441. The highest BCUT2D eigenvalue weighted by atomic mass is 16.5. The SMILES string of the molecule is C=C(O)C1CCOc2cc(Oc3ccc(C(=O)NCCc4c(C)noc4C)cc3)c(C#N)cc21. The van der Waals surface area contributed by atoms with Crippen LogP contribution in [0.5, 0.6) is 17.2 Å². The number of rotatable bonds is 7. The van der Waals surface area contributed by atoms with Gasteiger partial charge < -0.3 is 24.4 Å². The lowest BCUT2D eigenvalue weighted by molar-refractivity contribution is 0.0954. The van der Waals surface area contributed by atoms with E-state index in [0.717, 1.165) is 17.0 Å². The number of hydrogen-bond donors (Lipinski definition) is 2. The molecule has 0 fully saturated rings. The molecule has 2 heterocycles. The highest BCUT2D eigenvalue weighted by Gasteiger charge is 2.26. The Bertz CT molecular complexity index is 1250. The molecule has 1 aliphatic rings. The maximum absolute atomic E-state index is 12.5. The first kappa shape index (κ1) is 22.9. The van der Waals surface area contributed by atoms with Gasteiger partial charge in [0, 0.05) is 35.2 Å². The van der Waals surface area contributed by atoms with Crippen molar-refractivity contribution in [3.05, 3.63) is 82.4 Å². The maximum atomic E-state index is 12.5. The molecule has 1 unspecified atom stereocenters. The summed E-state index contributed by atoms with van der Waals surface area (Å²) in [5.41, 5.74) is 3.35. The van der Waals surface area contributed by atoms with Gasteiger partial charge in [0.15, 0.2) is 0 Å². The standard InChI is InChI=1S/C26H25N3O5/c1-15-21(17(3)34-29-15)8-10-28-26(31)18-4-6-20(7-5-18)33-24-13-25-23(12-19(24)14-27)22(16(2)30)9-11-32-25/h4-7,12-13,22,30H,2,8-11H2,1,3H3,(H,28,31). The number of benzene rings is 2. The number of ether oxygens (including phenoxy) is 2. The number of allylic oxidation sites excluding steroid dienone is 1. The van der Waals surface area contributed by atoms with Gasteiger partial charge in [-0.25, -0.2) is 0 Å². The largest absolute Gasteiger partial charge is 0.512 e. The first-order valence-electron chi connectivity index (χ1n) is 10.9. The molecular formula is C26H25N3O5. The quantitative estimate of drug-likeness (QED) is 0.484. The number of hydrogen-bond acceptors (Lipinski definition) is 7. The molecule has 3 aromatic rings. The van der Waals surface area contributed by atoms with E-state index >= 15 is 0 Å². The van der Waals surface area contributed by atoms with Crippen molar-refractivity contribution in [1.82, 2.24) is 10.5 Å². The highest BCUT2D eigenvalue weighted by Crippen LogP contribution is 2.41. The van der Waals surface area contributed by atoms with Crippen LogP contribution in [-0.2, 0) is 6.42 Å². The fourth-order valence-corrected chi connectivity index (χ4v) is 4.00. The summed E-state index contributed by atoms with van der Waals surface area (Å²) in [4.78, 5) is 12.5. The molecule has 1 aromatic heterocycles. The van der Waals surface area contributed by atoms with E-state index < -0.39 is 0 Å². The monoisotopic (exact) mass is 459 g/mol. The van der Waals surface area contributed by atoms with Crippen LogP contribution in [0, 0.1) is 25.2 Å². The molecule has 174 valence electrons. The third-order valence-electron chi connectivity index (χ3n) is 5.86. The van der Waals surface area contributed by atoms with Crippen LogP contribution in [0.15, 0.2) is 53.3 Å². The molecule has 2 aromatic carbocycles. The normalized spacial score (nSPS) is 14.4. The van der Waals surface area contributed by atoms with Gasteiger partial charge in [-0.1, -0.05) is 11.7 Å². The Morgan fingerprint density at radius 2 is 2.09 bits per heavy atom. The van der Waals surface area contributed by atoms with Crippen molar-refractivity contribution < 1.29 is 23.9 Å². The summed E-state index contributed by atoms with van der Waals surface area (Å²) in [5.74, 6) is 1.69. The fraction of sp³-hybridized carbons (Fsp3) is 0.269. The van der Waals surface area contributed by atoms with Gasteiger partial charge >= 0.3 is 0 Å². The summed E-state index contributed by atoms with van der Waals surface area (Å²) in [6.45, 7) is 8.25. The van der Waals surface area contributed by atoms with Crippen molar-refractivity contribution in [3.8, 4) is 23.3 Å². The Balaban J connectivity index is 1.43. The van der Waals surface area contributed by atoms with Crippen molar-refractivity contribution in [2.75, 3.05) is 13.2 Å². The van der Waals surface area contributed by atoms with E-state index in [9.17, 15) is 15.2 Å². The topological polar surface area (TPSA) is 118 Å². The Morgan fingerprint density at radius 1 is 1.32 bits per heavy atom. The molecule has 0 spiro atoms. The lowest BCUT2D eigenvalue weighted by Crippen LogP contribution is -2.25. The molecule has 34 heavy (non-hydrogen) atoms. The van der Waals surface area contributed by atoms with Gasteiger partial charge in [0.1, 0.15) is 29.1 Å². The van der Waals surface area contributed by atoms with Crippen LogP contribution < -0.4 is 14.8 Å². The number of aromatic nitrogens is 1. The van der Waals surface area contributed by atoms with Gasteiger partial charge in [-0.3, -0.25) is 4.79 Å². The predicted octanol–water partition coefficient (Wildman–Crippen LogP) is 4.87. The zero-order valence-corrected chi connectivity index (χ0v) is 19.1. The summed E-state index contributed by atoms with van der Waals surface area (Å²) >= 11 is 0. The van der Waals surface area contributed by atoms with Crippen LogP contribution in [0.2, 0.25) is 0 Å². The second-order valence-electron chi connectivity index (χ2n) is 8.11. The molecule has 0 saturated heterocycles. The second-order valence-corrected chi connectivity index (χ2v) is 8.11. The molecule has 0 saturated carbocycles. The van der Waals surface area contributed by atoms with Crippen LogP contribution >= 0.6 is 0 Å². The zero-order chi connectivity index (χ0) is 24.2. The van der Waals surface area contributed by atoms with Crippen molar-refractivity contribution >= 4 is 5.91 Å². The van der Waals surface area contributed by atoms with Crippen molar-refractivity contribution in [2.45, 2.75) is 32.6 Å². The summed E-state index contributed by atoms with van der Waals surface area (Å²) in [7, 11) is 0. The lowest BCUT2D eigenvalue weighted by atomic mass is 9.90. The number of carbonyl (C=O) groups is 1. The molecule has 2 N–H and O–H groups in total. The van der Waals surface area contributed by atoms with Gasteiger partial charge in [0.05, 0.1) is 23.6 Å². The molecule has 1 aliphatic heterocycles. The highest BCUT2D eigenvalue weighted by molar-refractivity contribution is 5.94. The molecule has 1 amide bonds. The van der Waals surface area contributed by atoms with E-state index in [1.54, 1.807) is 36.4 Å². The minimum atomic E-state index is -0.278. The fourth-order valence-electron chi connectivity index (χ4n) is 4.00. The lowest BCUT2D eigenvalue weighted by Gasteiger charge is -2.26. The number of amides is 1. The number of aryl methyl sites for hydroxylation is 2. The van der Waals surface area contributed by atoms with Crippen molar-refractivity contribution in [1.29, 1.82) is 5.26 Å². The average Bonchev–Trinajstić information content (AvgIpc) is 3.15. The van der Waals surface area contributed by atoms with Gasteiger partial charge in [0.25, 0.3) is 5.91 Å². The van der Waals surface area contributed by atoms with Crippen molar-refractivity contribution in [3.63, 3.8) is 0 Å². The van der Waals surface area contributed by atoms with Crippen LogP contribution in [0.25, 0.3) is 0 Å². The summed E-state index contributed by atoms with van der Waals surface area (Å²) in [5, 5.41) is 26.3. The molecule has 8 heteroatoms. The predicted molar refractivity (Wildman–Crippen MR) is 124 cm³/mol. The number of aliphatic hydroxyl groups excluding tert-OH is 1. The van der Waals surface area contributed by atoms with E-state index in [0.29, 0.717) is 59.9 Å². The number of aliphatic hydroxyl groups is 1. The van der Waals surface area contributed by atoms with E-state index in [1.807, 2.05) is 13.8 Å². The van der Waals surface area contributed by atoms with Crippen molar-refractivity contribution in [2.24, 2.45) is 0 Å². The summed E-state index contributed by atoms with van der Waals surface area (Å²) in [6.07, 6.45) is 1.23. The van der Waals surface area contributed by atoms with E-state index in [4.69, 9.17) is 14.0 Å². The van der Waals surface area contributed by atoms with Gasteiger partial charge in [-0.05, 0) is 57.0 Å². The summed E-state index contributed by atoms with van der Waals surface area (Å²) < 4.78 is 16.8. The van der Waals surface area contributed by atoms with Gasteiger partial charge in [-0.15, -0.1) is 0 Å². The Labute approximate surface area is 197 Å². The molecular weight excluding hydrogens is 434 g/mol. The zero-order valence-electron chi connectivity index (χ0n) is 19.1. The Kier molecular flexibility index (Phi) is 6.55. The molecule has 0 bridgehead atoms. The molecule has 4 rings (SSSR count). The third kappa shape index (κ3) is 4.74. The smallest absolute Gasteiger partial charge is 0.251 e. The van der Waals surface area contributed by atoms with E-state index in [2.05, 4.69) is 23.1 Å². The molecule has 0 radical (unpaired) electrons. The van der Waals surface area contributed by atoms with Gasteiger partial charge in [0.2, 0.25) is 0 Å². The van der Waals surface area contributed by atoms with Crippen LogP contribution in [0.3, 0.4) is 0 Å². The number of nitrogens with one attached hydrogen (secondary N) is 1. The minimum Gasteiger partial charge on any atom is -0.512 e. The molecule has 1 atom stereocenters. The number of carbonyl (C=O) groups excluding carboxylic acids is 1. The molecule has 0 aliphatic carbocycles.